The number of benzodiazepines with no additional fused rings is 1. The summed E-state index contributed by atoms with van der Waals surface area (Å²) >= 11 is 0. The van der Waals surface area contributed by atoms with Crippen molar-refractivity contribution in [2.75, 3.05) is 17.3 Å². The zero-order chi connectivity index (χ0) is 24.9. The van der Waals surface area contributed by atoms with Gasteiger partial charge in [0.2, 0.25) is 6.17 Å². The molecule has 0 radical (unpaired) electrons. The van der Waals surface area contributed by atoms with E-state index in [1.807, 2.05) is 54.6 Å². The topological polar surface area (TPSA) is 137 Å². The Morgan fingerprint density at radius 3 is 2.51 bits per heavy atom. The molecule has 0 spiro atoms. The van der Waals surface area contributed by atoms with Crippen molar-refractivity contribution in [2.45, 2.75) is 18.6 Å². The molecular formula is C26H25N5O4. The summed E-state index contributed by atoms with van der Waals surface area (Å²) in [5.74, 6) is -1.50. The van der Waals surface area contributed by atoms with E-state index in [1.54, 1.807) is 31.3 Å². The van der Waals surface area contributed by atoms with Gasteiger partial charge in [-0.25, -0.2) is 9.79 Å². The van der Waals surface area contributed by atoms with Crippen LogP contribution in [0.5, 0.6) is 0 Å². The summed E-state index contributed by atoms with van der Waals surface area (Å²) in [6.45, 7) is 0. The first-order chi connectivity index (χ1) is 16.8. The molecule has 0 saturated carbocycles. The van der Waals surface area contributed by atoms with Gasteiger partial charge in [0.1, 0.15) is 6.04 Å². The predicted molar refractivity (Wildman–Crippen MR) is 134 cm³/mol. The Hall–Kier alpha value is -4.50. The van der Waals surface area contributed by atoms with Gasteiger partial charge in [-0.3, -0.25) is 9.59 Å². The molecule has 1 unspecified atom stereocenters. The lowest BCUT2D eigenvalue weighted by Gasteiger charge is -2.21. The molecule has 178 valence electrons. The van der Waals surface area contributed by atoms with Gasteiger partial charge < -0.3 is 26.4 Å². The molecule has 35 heavy (non-hydrogen) atoms. The second-order valence-electron chi connectivity index (χ2n) is 8.11. The number of carboxylic acid groups (broad SMARTS) is 1. The number of para-hydroxylation sites is 1. The standard InChI is InChI=1S/C26H25N5O4/c1-31-21-13-6-5-12-19(21)22(17-9-3-2-4-10-17)29-23(24(31)32)30-26(35)28-18-11-7-8-16(14-18)15-20(27)25(33)34/h2-14,20,23H,15,27H2,1H3,(H,33,34)(H2,28,30,35)/t20?,23-/m0/s1. The van der Waals surface area contributed by atoms with Crippen LogP contribution in [0.2, 0.25) is 0 Å². The van der Waals surface area contributed by atoms with Crippen LogP contribution in [-0.2, 0) is 16.0 Å². The third-order valence-electron chi connectivity index (χ3n) is 5.62. The number of nitrogens with zero attached hydrogens (tertiary/aromatic N) is 2. The van der Waals surface area contributed by atoms with E-state index in [9.17, 15) is 14.4 Å². The second-order valence-corrected chi connectivity index (χ2v) is 8.11. The summed E-state index contributed by atoms with van der Waals surface area (Å²) in [5, 5.41) is 14.4. The molecular weight excluding hydrogens is 446 g/mol. The summed E-state index contributed by atoms with van der Waals surface area (Å²) in [4.78, 5) is 43.2. The van der Waals surface area contributed by atoms with E-state index in [1.165, 1.54) is 4.90 Å². The molecule has 0 saturated heterocycles. The van der Waals surface area contributed by atoms with Gasteiger partial charge in [-0.1, -0.05) is 60.7 Å². The predicted octanol–water partition coefficient (Wildman–Crippen LogP) is 2.60. The zero-order valence-electron chi connectivity index (χ0n) is 19.0. The second kappa shape index (κ2) is 10.2. The molecule has 2 atom stereocenters. The van der Waals surface area contributed by atoms with Crippen molar-refractivity contribution in [3.63, 3.8) is 0 Å². The summed E-state index contributed by atoms with van der Waals surface area (Å²) < 4.78 is 0. The number of hydrogen-bond acceptors (Lipinski definition) is 5. The van der Waals surface area contributed by atoms with Gasteiger partial charge in [0.15, 0.2) is 0 Å². The lowest BCUT2D eigenvalue weighted by molar-refractivity contribution is -0.138. The minimum Gasteiger partial charge on any atom is -0.480 e. The number of anilines is 2. The minimum atomic E-state index is -1.16. The molecule has 1 aliphatic heterocycles. The lowest BCUT2D eigenvalue weighted by atomic mass is 10.0. The van der Waals surface area contributed by atoms with Gasteiger partial charge in [0, 0.05) is 23.9 Å². The number of hydrogen-bond donors (Lipinski definition) is 4. The molecule has 9 heteroatoms. The van der Waals surface area contributed by atoms with E-state index in [-0.39, 0.29) is 12.3 Å². The monoisotopic (exact) mass is 471 g/mol. The van der Waals surface area contributed by atoms with Gasteiger partial charge in [0.05, 0.1) is 11.4 Å². The first-order valence-corrected chi connectivity index (χ1v) is 11.0. The third-order valence-corrected chi connectivity index (χ3v) is 5.62. The SMILES string of the molecule is CN1C(=O)[C@H](NC(=O)Nc2cccc(CC(N)C(=O)O)c2)N=C(c2ccccc2)c2ccccc21. The molecule has 4 rings (SSSR count). The molecule has 9 nitrogen and oxygen atoms in total. The van der Waals surface area contributed by atoms with Crippen molar-refractivity contribution in [2.24, 2.45) is 10.7 Å². The van der Waals surface area contributed by atoms with Gasteiger partial charge >= 0.3 is 12.0 Å². The number of rotatable bonds is 6. The third kappa shape index (κ3) is 5.36. The van der Waals surface area contributed by atoms with Crippen molar-refractivity contribution in [1.82, 2.24) is 5.32 Å². The van der Waals surface area contributed by atoms with Crippen molar-refractivity contribution >= 4 is 35.0 Å². The molecule has 3 aromatic carbocycles. The number of carbonyl (C=O) groups is 3. The van der Waals surface area contributed by atoms with Crippen LogP contribution in [0.4, 0.5) is 16.2 Å². The van der Waals surface area contributed by atoms with Crippen LogP contribution < -0.4 is 21.3 Å². The summed E-state index contributed by atoms with van der Waals surface area (Å²) in [6, 6.07) is 21.9. The van der Waals surface area contributed by atoms with Gasteiger partial charge in [0.25, 0.3) is 5.91 Å². The van der Waals surface area contributed by atoms with Crippen molar-refractivity contribution in [1.29, 1.82) is 0 Å². The van der Waals surface area contributed by atoms with Gasteiger partial charge in [-0.05, 0) is 30.2 Å². The van der Waals surface area contributed by atoms with E-state index in [0.717, 1.165) is 11.1 Å². The van der Waals surface area contributed by atoms with E-state index in [4.69, 9.17) is 10.8 Å². The Kier molecular flexibility index (Phi) is 6.88. The van der Waals surface area contributed by atoms with Crippen LogP contribution in [0.15, 0.2) is 83.9 Å². The molecule has 3 amide bonds. The molecule has 0 aliphatic carbocycles. The Morgan fingerprint density at radius 2 is 1.77 bits per heavy atom. The van der Waals surface area contributed by atoms with Crippen LogP contribution in [0, 0.1) is 0 Å². The van der Waals surface area contributed by atoms with E-state index in [0.29, 0.717) is 22.6 Å². The quantitative estimate of drug-likeness (QED) is 0.438. The summed E-state index contributed by atoms with van der Waals surface area (Å²) in [5.41, 5.74) is 9.57. The lowest BCUT2D eigenvalue weighted by Crippen LogP contribution is -2.47. The normalized spacial score (nSPS) is 15.9. The van der Waals surface area contributed by atoms with E-state index in [2.05, 4.69) is 15.6 Å². The van der Waals surface area contributed by atoms with Crippen molar-refractivity contribution in [3.05, 3.63) is 95.6 Å². The summed E-state index contributed by atoms with van der Waals surface area (Å²) in [7, 11) is 1.65. The number of nitrogens with two attached hydrogens (primary N) is 1. The molecule has 5 N–H and O–H groups in total. The first kappa shape index (κ1) is 23.7. The van der Waals surface area contributed by atoms with Gasteiger partial charge in [-0.15, -0.1) is 0 Å². The fourth-order valence-electron chi connectivity index (χ4n) is 3.85. The Morgan fingerprint density at radius 1 is 1.06 bits per heavy atom. The van der Waals surface area contributed by atoms with Crippen LogP contribution in [0.3, 0.4) is 0 Å². The van der Waals surface area contributed by atoms with Crippen molar-refractivity contribution < 1.29 is 19.5 Å². The minimum absolute atomic E-state index is 0.112. The van der Waals surface area contributed by atoms with Crippen LogP contribution in [0.1, 0.15) is 16.7 Å². The maximum absolute atomic E-state index is 13.2. The van der Waals surface area contributed by atoms with Crippen LogP contribution in [0.25, 0.3) is 0 Å². The highest BCUT2D eigenvalue weighted by molar-refractivity contribution is 6.20. The highest BCUT2D eigenvalue weighted by Crippen LogP contribution is 2.27. The molecule has 1 aliphatic rings. The summed E-state index contributed by atoms with van der Waals surface area (Å²) in [6.07, 6.45) is -1.05. The average molecular weight is 472 g/mol. The fraction of sp³-hybridized carbons (Fsp3) is 0.154. The van der Waals surface area contributed by atoms with Crippen molar-refractivity contribution in [3.8, 4) is 0 Å². The largest absolute Gasteiger partial charge is 0.480 e. The number of fused-ring (bicyclic) bond motifs is 1. The maximum Gasteiger partial charge on any atom is 0.321 e. The highest BCUT2D eigenvalue weighted by Gasteiger charge is 2.31. The zero-order valence-corrected chi connectivity index (χ0v) is 19.0. The highest BCUT2D eigenvalue weighted by atomic mass is 16.4. The number of carboxylic acids is 1. The van der Waals surface area contributed by atoms with Crippen LogP contribution >= 0.6 is 0 Å². The molecule has 0 bridgehead atoms. The number of nitrogens with one attached hydrogen (secondary N) is 2. The Labute approximate surface area is 202 Å². The van der Waals surface area contributed by atoms with Crippen LogP contribution in [-0.4, -0.2) is 48.0 Å². The van der Waals surface area contributed by atoms with Gasteiger partial charge in [-0.2, -0.15) is 0 Å². The Bertz CT molecular complexity index is 1290. The number of amides is 3. The van der Waals surface area contributed by atoms with E-state index >= 15 is 0 Å². The number of aliphatic imine (C=N–C) groups is 1. The average Bonchev–Trinajstić information content (AvgIpc) is 2.95. The number of carbonyl (C=O) groups excluding carboxylic acids is 2. The number of likely N-dealkylation sites (N-methyl/N-ethyl adjacent to an activating group) is 1. The molecule has 0 fully saturated rings. The fourth-order valence-corrected chi connectivity index (χ4v) is 3.85. The Balaban J connectivity index is 1.58. The van der Waals surface area contributed by atoms with E-state index < -0.39 is 24.2 Å². The smallest absolute Gasteiger partial charge is 0.321 e. The number of urea groups is 1. The number of aliphatic carboxylic acids is 1. The number of benzene rings is 3. The molecule has 0 aromatic heterocycles. The molecule has 3 aromatic rings. The maximum atomic E-state index is 13.2. The first-order valence-electron chi connectivity index (χ1n) is 11.0. The molecule has 1 heterocycles.